The number of halogens is 3. The molecule has 0 radical (unpaired) electrons. The van der Waals surface area contributed by atoms with Crippen molar-refractivity contribution in [3.63, 3.8) is 0 Å². The zero-order chi connectivity index (χ0) is 19.4. The SMILES string of the molecule is COc1ccc(F)cc1CNc1ccc2[nH]nc(C(=O)NCC(F)F)c2c1. The molecule has 142 valence electrons. The Kier molecular flexibility index (Phi) is 5.49. The largest absolute Gasteiger partial charge is 0.496 e. The Hall–Kier alpha value is -3.23. The molecule has 0 aliphatic rings. The molecule has 3 rings (SSSR count). The van der Waals surface area contributed by atoms with Gasteiger partial charge in [-0.05, 0) is 36.4 Å². The minimum atomic E-state index is -2.64. The summed E-state index contributed by atoms with van der Waals surface area (Å²) in [5.41, 5.74) is 1.89. The Morgan fingerprint density at radius 1 is 1.26 bits per heavy atom. The molecule has 0 atom stereocenters. The van der Waals surface area contributed by atoms with Crippen molar-refractivity contribution in [3.05, 3.63) is 53.5 Å². The van der Waals surface area contributed by atoms with Crippen LogP contribution in [-0.4, -0.2) is 36.2 Å². The van der Waals surface area contributed by atoms with Gasteiger partial charge in [0.15, 0.2) is 5.69 Å². The minimum Gasteiger partial charge on any atom is -0.496 e. The molecule has 1 amide bonds. The molecule has 1 aromatic heterocycles. The van der Waals surface area contributed by atoms with Gasteiger partial charge in [-0.1, -0.05) is 0 Å². The van der Waals surface area contributed by atoms with E-state index in [4.69, 9.17) is 4.74 Å². The maximum Gasteiger partial charge on any atom is 0.272 e. The lowest BCUT2D eigenvalue weighted by molar-refractivity contribution is 0.0888. The van der Waals surface area contributed by atoms with E-state index in [0.717, 1.165) is 0 Å². The van der Waals surface area contributed by atoms with E-state index in [1.807, 2.05) is 0 Å². The van der Waals surface area contributed by atoms with Crippen LogP contribution in [0.1, 0.15) is 16.1 Å². The van der Waals surface area contributed by atoms with Gasteiger partial charge in [-0.25, -0.2) is 13.2 Å². The van der Waals surface area contributed by atoms with Crippen molar-refractivity contribution in [1.82, 2.24) is 15.5 Å². The Bertz CT molecular complexity index is 959. The van der Waals surface area contributed by atoms with Crippen LogP contribution in [-0.2, 0) is 6.54 Å². The maximum atomic E-state index is 13.5. The quantitative estimate of drug-likeness (QED) is 0.589. The van der Waals surface area contributed by atoms with Crippen LogP contribution in [0.5, 0.6) is 5.75 Å². The molecule has 0 saturated heterocycles. The molecule has 1 heterocycles. The van der Waals surface area contributed by atoms with Gasteiger partial charge in [0, 0.05) is 23.2 Å². The molecule has 0 aliphatic heterocycles. The Morgan fingerprint density at radius 2 is 2.07 bits per heavy atom. The van der Waals surface area contributed by atoms with Gasteiger partial charge in [-0.3, -0.25) is 9.89 Å². The van der Waals surface area contributed by atoms with Crippen LogP contribution in [0.3, 0.4) is 0 Å². The second kappa shape index (κ2) is 7.98. The van der Waals surface area contributed by atoms with Crippen molar-refractivity contribution in [2.45, 2.75) is 13.0 Å². The lowest BCUT2D eigenvalue weighted by Gasteiger charge is -2.11. The number of hydrogen-bond donors (Lipinski definition) is 3. The predicted molar refractivity (Wildman–Crippen MR) is 94.7 cm³/mol. The van der Waals surface area contributed by atoms with Gasteiger partial charge in [0.1, 0.15) is 11.6 Å². The smallest absolute Gasteiger partial charge is 0.272 e. The third-order valence-electron chi connectivity index (χ3n) is 3.92. The van der Waals surface area contributed by atoms with Gasteiger partial charge in [0.2, 0.25) is 0 Å². The second-order valence-corrected chi connectivity index (χ2v) is 5.74. The topological polar surface area (TPSA) is 79.0 Å². The van der Waals surface area contributed by atoms with E-state index < -0.39 is 18.9 Å². The first kappa shape index (κ1) is 18.6. The minimum absolute atomic E-state index is 0.0256. The summed E-state index contributed by atoms with van der Waals surface area (Å²) >= 11 is 0. The first-order valence-electron chi connectivity index (χ1n) is 8.08. The predicted octanol–water partition coefficient (Wildman–Crippen LogP) is 3.32. The summed E-state index contributed by atoms with van der Waals surface area (Å²) in [5, 5.41) is 12.3. The normalized spacial score (nSPS) is 11.0. The number of carbonyl (C=O) groups excluding carboxylic acids is 1. The van der Waals surface area contributed by atoms with Gasteiger partial charge in [-0.2, -0.15) is 5.10 Å². The molecule has 3 N–H and O–H groups in total. The standard InChI is InChI=1S/C18H17F3N4O2/c1-27-15-5-2-11(19)6-10(15)8-22-12-3-4-14-13(7-12)17(25-24-14)18(26)23-9-16(20)21/h2-7,16,22H,8-9H2,1H3,(H,23,26)(H,24,25). The fraction of sp³-hybridized carbons (Fsp3) is 0.222. The van der Waals surface area contributed by atoms with Crippen LogP contribution in [0.2, 0.25) is 0 Å². The highest BCUT2D eigenvalue weighted by Crippen LogP contribution is 2.24. The molecule has 0 unspecified atom stereocenters. The van der Waals surface area contributed by atoms with Crippen LogP contribution >= 0.6 is 0 Å². The summed E-state index contributed by atoms with van der Waals surface area (Å²) in [7, 11) is 1.50. The fourth-order valence-electron chi connectivity index (χ4n) is 2.63. The number of fused-ring (bicyclic) bond motifs is 1. The number of methoxy groups -OCH3 is 1. The fourth-order valence-corrected chi connectivity index (χ4v) is 2.63. The maximum absolute atomic E-state index is 13.5. The zero-order valence-electron chi connectivity index (χ0n) is 14.4. The molecule has 27 heavy (non-hydrogen) atoms. The lowest BCUT2D eigenvalue weighted by Crippen LogP contribution is -2.28. The number of hydrogen-bond acceptors (Lipinski definition) is 4. The zero-order valence-corrected chi connectivity index (χ0v) is 14.4. The van der Waals surface area contributed by atoms with E-state index in [9.17, 15) is 18.0 Å². The number of nitrogens with one attached hydrogen (secondary N) is 3. The number of carbonyl (C=O) groups is 1. The number of anilines is 1. The van der Waals surface area contributed by atoms with Crippen LogP contribution < -0.4 is 15.4 Å². The van der Waals surface area contributed by atoms with E-state index in [0.29, 0.717) is 27.9 Å². The number of nitrogens with zero attached hydrogens (tertiary/aromatic N) is 1. The third-order valence-corrected chi connectivity index (χ3v) is 3.92. The number of aromatic amines is 1. The monoisotopic (exact) mass is 378 g/mol. The molecule has 3 aromatic rings. The van der Waals surface area contributed by atoms with Gasteiger partial charge < -0.3 is 15.4 Å². The lowest BCUT2D eigenvalue weighted by atomic mass is 10.1. The Balaban J connectivity index is 1.79. The van der Waals surface area contributed by atoms with Crippen molar-refractivity contribution in [2.75, 3.05) is 19.0 Å². The van der Waals surface area contributed by atoms with Crippen molar-refractivity contribution >= 4 is 22.5 Å². The summed E-state index contributed by atoms with van der Waals surface area (Å²) in [6.07, 6.45) is -2.64. The Morgan fingerprint density at radius 3 is 2.81 bits per heavy atom. The first-order chi connectivity index (χ1) is 13.0. The molecule has 0 aliphatic carbocycles. The second-order valence-electron chi connectivity index (χ2n) is 5.74. The summed E-state index contributed by atoms with van der Waals surface area (Å²) in [6, 6.07) is 9.35. The van der Waals surface area contributed by atoms with Gasteiger partial charge in [-0.15, -0.1) is 0 Å². The average Bonchev–Trinajstić information content (AvgIpc) is 3.07. The summed E-state index contributed by atoms with van der Waals surface area (Å²) < 4.78 is 43.2. The molecular weight excluding hydrogens is 361 g/mol. The number of benzene rings is 2. The summed E-state index contributed by atoms with van der Waals surface area (Å²) in [5.74, 6) is -0.526. The third kappa shape index (κ3) is 4.30. The van der Waals surface area contributed by atoms with Crippen molar-refractivity contribution in [3.8, 4) is 5.75 Å². The van der Waals surface area contributed by atoms with E-state index in [-0.39, 0.29) is 18.1 Å². The van der Waals surface area contributed by atoms with Gasteiger partial charge in [0.25, 0.3) is 12.3 Å². The number of aromatic nitrogens is 2. The number of rotatable bonds is 7. The molecule has 0 spiro atoms. The molecule has 6 nitrogen and oxygen atoms in total. The van der Waals surface area contributed by atoms with Crippen LogP contribution in [0.4, 0.5) is 18.9 Å². The molecule has 0 fully saturated rings. The van der Waals surface area contributed by atoms with Crippen molar-refractivity contribution in [1.29, 1.82) is 0 Å². The number of ether oxygens (including phenoxy) is 1. The van der Waals surface area contributed by atoms with E-state index >= 15 is 0 Å². The number of amides is 1. The van der Waals surface area contributed by atoms with Crippen LogP contribution in [0.15, 0.2) is 36.4 Å². The molecule has 2 aromatic carbocycles. The molecule has 0 bridgehead atoms. The summed E-state index contributed by atoms with van der Waals surface area (Å²) in [6.45, 7) is -0.457. The number of H-pyrrole nitrogens is 1. The molecule has 9 heteroatoms. The first-order valence-corrected chi connectivity index (χ1v) is 8.08. The van der Waals surface area contributed by atoms with Crippen molar-refractivity contribution < 1.29 is 22.7 Å². The van der Waals surface area contributed by atoms with E-state index in [1.54, 1.807) is 18.2 Å². The van der Waals surface area contributed by atoms with Gasteiger partial charge >= 0.3 is 0 Å². The highest BCUT2D eigenvalue weighted by atomic mass is 19.3. The van der Waals surface area contributed by atoms with Crippen LogP contribution in [0.25, 0.3) is 10.9 Å². The van der Waals surface area contributed by atoms with E-state index in [1.165, 1.54) is 25.3 Å². The Labute approximate surface area is 152 Å². The average molecular weight is 378 g/mol. The highest BCUT2D eigenvalue weighted by molar-refractivity contribution is 6.05. The summed E-state index contributed by atoms with van der Waals surface area (Å²) in [4.78, 5) is 12.0. The number of alkyl halides is 2. The highest BCUT2D eigenvalue weighted by Gasteiger charge is 2.16. The van der Waals surface area contributed by atoms with E-state index in [2.05, 4.69) is 20.8 Å². The molecule has 0 saturated carbocycles. The molecular formula is C18H17F3N4O2. The van der Waals surface area contributed by atoms with Crippen molar-refractivity contribution in [2.24, 2.45) is 0 Å². The van der Waals surface area contributed by atoms with Crippen LogP contribution in [0, 0.1) is 5.82 Å². The van der Waals surface area contributed by atoms with Gasteiger partial charge in [0.05, 0.1) is 19.2 Å².